The number of fused-ring (bicyclic) bond motifs is 9. The Bertz CT molecular complexity index is 3130. The first-order valence-electron chi connectivity index (χ1n) is 17.4. The van der Waals surface area contributed by atoms with Gasteiger partial charge in [0.1, 0.15) is 0 Å². The number of rotatable bonds is 4. The van der Waals surface area contributed by atoms with Crippen molar-refractivity contribution in [1.29, 1.82) is 0 Å². The van der Waals surface area contributed by atoms with Crippen LogP contribution in [0.2, 0.25) is 0 Å². The molecule has 238 valence electrons. The molecule has 0 N–H and O–H groups in total. The molecule has 0 unspecified atom stereocenters. The largest absolute Gasteiger partial charge is 0.309 e. The molecule has 0 spiro atoms. The first kappa shape index (κ1) is 28.0. The van der Waals surface area contributed by atoms with E-state index in [0.717, 1.165) is 11.4 Å². The van der Waals surface area contributed by atoms with Gasteiger partial charge in [0.05, 0.1) is 33.1 Å². The number of hydrogen-bond donors (Lipinski definition) is 0. The summed E-state index contributed by atoms with van der Waals surface area (Å²) in [5.41, 5.74) is 13.0. The Labute approximate surface area is 293 Å². The lowest BCUT2D eigenvalue weighted by molar-refractivity contribution is 1.16. The van der Waals surface area contributed by atoms with Crippen molar-refractivity contribution >= 4 is 65.4 Å². The normalized spacial score (nSPS) is 11.9. The van der Waals surface area contributed by atoms with Crippen LogP contribution in [0.25, 0.3) is 93.6 Å². The van der Waals surface area contributed by atoms with Crippen molar-refractivity contribution in [3.8, 4) is 28.2 Å². The Morgan fingerprint density at radius 1 is 0.275 bits per heavy atom. The minimum absolute atomic E-state index is 1.11. The zero-order valence-corrected chi connectivity index (χ0v) is 27.6. The van der Waals surface area contributed by atoms with Crippen molar-refractivity contribution in [3.63, 3.8) is 0 Å². The van der Waals surface area contributed by atoms with Gasteiger partial charge in [0.2, 0.25) is 0 Å². The summed E-state index contributed by atoms with van der Waals surface area (Å²) in [6.45, 7) is 0. The molecule has 0 fully saturated rings. The molecule has 0 aliphatic carbocycles. The van der Waals surface area contributed by atoms with E-state index >= 15 is 0 Å². The third-order valence-corrected chi connectivity index (χ3v) is 10.5. The fraction of sp³-hybridized carbons (Fsp3) is 0. The maximum absolute atomic E-state index is 4.26. The minimum Gasteiger partial charge on any atom is -0.309 e. The summed E-state index contributed by atoms with van der Waals surface area (Å²) in [6.07, 6.45) is 3.72. The highest BCUT2D eigenvalue weighted by atomic mass is 15.0. The van der Waals surface area contributed by atoms with Crippen LogP contribution >= 0.6 is 0 Å². The molecule has 0 bridgehead atoms. The molecule has 0 aliphatic heterocycles. The topological polar surface area (TPSA) is 27.7 Å². The Kier molecular flexibility index (Phi) is 5.92. The van der Waals surface area contributed by atoms with Crippen LogP contribution < -0.4 is 0 Å². The summed E-state index contributed by atoms with van der Waals surface area (Å²) >= 11 is 0. The molecular formula is C47H30N4. The highest BCUT2D eigenvalue weighted by Crippen LogP contribution is 2.40. The molecule has 0 atom stereocenters. The van der Waals surface area contributed by atoms with Crippen molar-refractivity contribution in [1.82, 2.24) is 18.7 Å². The maximum atomic E-state index is 4.26. The van der Waals surface area contributed by atoms with Crippen molar-refractivity contribution < 1.29 is 0 Å². The summed E-state index contributed by atoms with van der Waals surface area (Å²) in [4.78, 5) is 4.26. The van der Waals surface area contributed by atoms with Crippen molar-refractivity contribution in [3.05, 3.63) is 182 Å². The van der Waals surface area contributed by atoms with Gasteiger partial charge in [0.25, 0.3) is 0 Å². The van der Waals surface area contributed by atoms with E-state index in [0.29, 0.717) is 0 Å². The number of para-hydroxylation sites is 4. The molecule has 0 saturated heterocycles. The first-order valence-corrected chi connectivity index (χ1v) is 17.4. The van der Waals surface area contributed by atoms with E-state index in [1.54, 1.807) is 0 Å². The van der Waals surface area contributed by atoms with E-state index in [-0.39, 0.29) is 0 Å². The SMILES string of the molecule is c1ccc(-n2c3ccccc3c3cc(-n4c5ccccc5c5cc(-c6ccc7c(c6)c6ccccc6n7-c6ccncc6)ccc54)ccc32)cc1. The summed E-state index contributed by atoms with van der Waals surface area (Å²) < 4.78 is 7.13. The molecular weight excluding hydrogens is 621 g/mol. The third kappa shape index (κ3) is 4.11. The van der Waals surface area contributed by atoms with Crippen LogP contribution in [0.15, 0.2) is 182 Å². The molecule has 0 radical (unpaired) electrons. The number of pyridine rings is 1. The lowest BCUT2D eigenvalue weighted by Crippen LogP contribution is -1.95. The Morgan fingerprint density at radius 2 is 0.667 bits per heavy atom. The van der Waals surface area contributed by atoms with Gasteiger partial charge in [-0.3, -0.25) is 4.98 Å². The third-order valence-electron chi connectivity index (χ3n) is 10.5. The fourth-order valence-corrected chi connectivity index (χ4v) is 8.31. The van der Waals surface area contributed by atoms with Gasteiger partial charge in [-0.25, -0.2) is 0 Å². The van der Waals surface area contributed by atoms with Gasteiger partial charge in [-0.15, -0.1) is 0 Å². The quantitative estimate of drug-likeness (QED) is 0.186. The molecule has 4 heterocycles. The molecule has 4 aromatic heterocycles. The van der Waals surface area contributed by atoms with E-state index in [1.807, 2.05) is 12.4 Å². The molecule has 11 aromatic rings. The lowest BCUT2D eigenvalue weighted by atomic mass is 10.0. The van der Waals surface area contributed by atoms with Crippen molar-refractivity contribution in [2.24, 2.45) is 0 Å². The summed E-state index contributed by atoms with van der Waals surface area (Å²) in [5, 5.41) is 7.47. The Balaban J connectivity index is 1.10. The average molecular weight is 651 g/mol. The maximum Gasteiger partial charge on any atom is 0.0542 e. The molecule has 51 heavy (non-hydrogen) atoms. The minimum atomic E-state index is 1.11. The molecule has 4 heteroatoms. The lowest BCUT2D eigenvalue weighted by Gasteiger charge is -2.11. The van der Waals surface area contributed by atoms with E-state index in [1.165, 1.54) is 82.2 Å². The Hall–Kier alpha value is -6.91. The summed E-state index contributed by atoms with van der Waals surface area (Å²) in [7, 11) is 0. The van der Waals surface area contributed by atoms with Gasteiger partial charge in [-0.2, -0.15) is 0 Å². The predicted octanol–water partition coefficient (Wildman–Crippen LogP) is 12.0. The zero-order valence-electron chi connectivity index (χ0n) is 27.6. The highest BCUT2D eigenvalue weighted by Gasteiger charge is 2.18. The van der Waals surface area contributed by atoms with Crippen LogP contribution in [-0.4, -0.2) is 18.7 Å². The molecule has 4 nitrogen and oxygen atoms in total. The predicted molar refractivity (Wildman–Crippen MR) is 213 cm³/mol. The van der Waals surface area contributed by atoms with Gasteiger partial charge in [-0.05, 0) is 96.1 Å². The second-order valence-corrected chi connectivity index (χ2v) is 13.3. The van der Waals surface area contributed by atoms with Gasteiger partial charge in [0.15, 0.2) is 0 Å². The molecule has 0 amide bonds. The van der Waals surface area contributed by atoms with E-state index in [2.05, 4.69) is 189 Å². The van der Waals surface area contributed by atoms with Gasteiger partial charge < -0.3 is 13.7 Å². The van der Waals surface area contributed by atoms with Crippen LogP contribution in [0.1, 0.15) is 0 Å². The molecule has 0 saturated carbocycles. The average Bonchev–Trinajstić information content (AvgIpc) is 3.83. The van der Waals surface area contributed by atoms with Crippen LogP contribution in [0, 0.1) is 0 Å². The molecule has 11 rings (SSSR count). The first-order chi connectivity index (χ1) is 25.3. The second kappa shape index (κ2) is 10.8. The van der Waals surface area contributed by atoms with Crippen LogP contribution in [0.5, 0.6) is 0 Å². The number of aromatic nitrogens is 4. The standard InChI is InChI=1S/C47H30N4/c1-2-10-33(11-3-1)49-43-16-8-6-14-38(43)41-30-35(20-23-47(41)49)51-44-17-9-5-13-37(44)40-29-32(19-22-46(40)51)31-18-21-45-39(28-31)36-12-4-7-15-42(36)50(45)34-24-26-48-27-25-34/h1-30H. The van der Waals surface area contributed by atoms with Crippen molar-refractivity contribution in [2.45, 2.75) is 0 Å². The van der Waals surface area contributed by atoms with E-state index in [4.69, 9.17) is 0 Å². The highest BCUT2D eigenvalue weighted by molar-refractivity contribution is 6.14. The van der Waals surface area contributed by atoms with Gasteiger partial charge >= 0.3 is 0 Å². The van der Waals surface area contributed by atoms with Crippen LogP contribution in [0.4, 0.5) is 0 Å². The van der Waals surface area contributed by atoms with Crippen LogP contribution in [-0.2, 0) is 0 Å². The van der Waals surface area contributed by atoms with Crippen molar-refractivity contribution in [2.75, 3.05) is 0 Å². The smallest absolute Gasteiger partial charge is 0.0542 e. The summed E-state index contributed by atoms with van der Waals surface area (Å²) in [6, 6.07) is 61.7. The monoisotopic (exact) mass is 650 g/mol. The Morgan fingerprint density at radius 3 is 1.20 bits per heavy atom. The van der Waals surface area contributed by atoms with Gasteiger partial charge in [0, 0.05) is 61.8 Å². The van der Waals surface area contributed by atoms with E-state index in [9.17, 15) is 0 Å². The zero-order chi connectivity index (χ0) is 33.5. The van der Waals surface area contributed by atoms with Gasteiger partial charge in [-0.1, -0.05) is 84.9 Å². The number of hydrogen-bond acceptors (Lipinski definition) is 1. The molecule has 7 aromatic carbocycles. The summed E-state index contributed by atoms with van der Waals surface area (Å²) in [5.74, 6) is 0. The van der Waals surface area contributed by atoms with Crippen LogP contribution in [0.3, 0.4) is 0 Å². The van der Waals surface area contributed by atoms with E-state index < -0.39 is 0 Å². The number of nitrogens with zero attached hydrogens (tertiary/aromatic N) is 4. The molecule has 0 aliphatic rings. The number of benzene rings is 7. The fourth-order valence-electron chi connectivity index (χ4n) is 8.31. The second-order valence-electron chi connectivity index (χ2n) is 13.3.